The Morgan fingerprint density at radius 3 is 2.08 bits per heavy atom. The van der Waals surface area contributed by atoms with E-state index in [0.29, 0.717) is 36.4 Å². The molecular formula is C38H46N6O4. The van der Waals surface area contributed by atoms with Crippen LogP contribution < -0.4 is 15.0 Å². The molecule has 2 saturated heterocycles. The lowest BCUT2D eigenvalue weighted by atomic mass is 10.00. The van der Waals surface area contributed by atoms with Gasteiger partial charge in [0.25, 0.3) is 0 Å². The van der Waals surface area contributed by atoms with Gasteiger partial charge in [0, 0.05) is 48.0 Å². The summed E-state index contributed by atoms with van der Waals surface area (Å²) < 4.78 is 5.58. The highest BCUT2D eigenvalue weighted by atomic mass is 16.5. The lowest BCUT2D eigenvalue weighted by molar-refractivity contribution is 0.0950. The molecule has 4 heterocycles. The lowest BCUT2D eigenvalue weighted by Crippen LogP contribution is -2.41. The second-order valence-electron chi connectivity index (χ2n) is 12.8. The quantitative estimate of drug-likeness (QED) is 0.183. The molecule has 3 aliphatic rings. The average molecular weight is 651 g/mol. The number of amides is 2. The van der Waals surface area contributed by atoms with Gasteiger partial charge < -0.3 is 19.9 Å². The van der Waals surface area contributed by atoms with Crippen LogP contribution in [0.1, 0.15) is 77.6 Å². The predicted molar refractivity (Wildman–Crippen MR) is 188 cm³/mol. The number of piperidine rings is 2. The molecule has 0 spiro atoms. The standard InChI is InChI=1S/C23H27N3O3.C15H19N3O/c1-29-22-15-17(21(27)10-13-25-11-6-3-7-12-25)14-20-19(22)16-24-23(28)26(20)18-8-4-2-5-9-18;19-15(6-9-18-7-2-1-3-8-18)12-4-5-14-13(10-12)11-16-17-14/h2,4-5,8-9,14-15H,3,6-7,10-13,16H2,1H3,(H,24,28);4-5,10-11H,1-3,6-9H2,(H,16,17). The van der Waals surface area contributed by atoms with Crippen LogP contribution in [0.4, 0.5) is 16.2 Å². The molecule has 0 radical (unpaired) electrons. The number of aromatic nitrogens is 2. The fourth-order valence-corrected chi connectivity index (χ4v) is 6.83. The van der Waals surface area contributed by atoms with Crippen LogP contribution in [-0.4, -0.2) is 84.0 Å². The summed E-state index contributed by atoms with van der Waals surface area (Å²) in [4.78, 5) is 44.2. The van der Waals surface area contributed by atoms with Gasteiger partial charge in [0.2, 0.25) is 0 Å². The van der Waals surface area contributed by atoms with Gasteiger partial charge in [-0.1, -0.05) is 31.0 Å². The monoisotopic (exact) mass is 650 g/mol. The van der Waals surface area contributed by atoms with E-state index in [-0.39, 0.29) is 17.6 Å². The summed E-state index contributed by atoms with van der Waals surface area (Å²) in [7, 11) is 1.60. The molecule has 2 N–H and O–H groups in total. The van der Waals surface area contributed by atoms with Crippen molar-refractivity contribution in [2.75, 3.05) is 51.3 Å². The van der Waals surface area contributed by atoms with E-state index in [9.17, 15) is 14.4 Å². The SMILES string of the molecule is COc1cc(C(=O)CCN2CCCCC2)cc2c1CNC(=O)N2c1ccccc1.O=C(CCN1CCCCC1)c1ccc2[nH]ncc2c1. The molecule has 0 aliphatic carbocycles. The first-order valence-electron chi connectivity index (χ1n) is 17.3. The van der Waals surface area contributed by atoms with Crippen molar-refractivity contribution in [1.29, 1.82) is 0 Å². The van der Waals surface area contributed by atoms with Gasteiger partial charge in [-0.05, 0) is 94.3 Å². The van der Waals surface area contributed by atoms with Gasteiger partial charge >= 0.3 is 6.03 Å². The molecular weight excluding hydrogens is 604 g/mol. The van der Waals surface area contributed by atoms with E-state index in [1.807, 2.05) is 54.6 Å². The third kappa shape index (κ3) is 8.11. The largest absolute Gasteiger partial charge is 0.496 e. The number of nitrogens with one attached hydrogen (secondary N) is 2. The lowest BCUT2D eigenvalue weighted by Gasteiger charge is -2.31. The van der Waals surface area contributed by atoms with Crippen molar-refractivity contribution >= 4 is 39.9 Å². The number of rotatable bonds is 10. The van der Waals surface area contributed by atoms with E-state index in [1.54, 1.807) is 24.3 Å². The van der Waals surface area contributed by atoms with Crippen molar-refractivity contribution in [2.24, 2.45) is 0 Å². The number of carbonyl (C=O) groups excluding carboxylic acids is 3. The van der Waals surface area contributed by atoms with Gasteiger partial charge in [0.15, 0.2) is 11.6 Å². The Hall–Kier alpha value is -4.54. The smallest absolute Gasteiger partial charge is 0.326 e. The van der Waals surface area contributed by atoms with Crippen LogP contribution >= 0.6 is 0 Å². The molecule has 0 unspecified atom stereocenters. The van der Waals surface area contributed by atoms with Crippen LogP contribution in [0.15, 0.2) is 66.9 Å². The van der Waals surface area contributed by atoms with E-state index in [1.165, 1.54) is 38.5 Å². The highest BCUT2D eigenvalue weighted by Crippen LogP contribution is 2.38. The molecule has 3 aromatic carbocycles. The van der Waals surface area contributed by atoms with Crippen LogP contribution in [0.2, 0.25) is 0 Å². The molecule has 3 aliphatic heterocycles. The van der Waals surface area contributed by atoms with Crippen LogP contribution in [0.5, 0.6) is 5.75 Å². The molecule has 0 bridgehead atoms. The van der Waals surface area contributed by atoms with Crippen molar-refractivity contribution in [2.45, 2.75) is 57.9 Å². The van der Waals surface area contributed by atoms with Crippen LogP contribution in [-0.2, 0) is 6.54 Å². The van der Waals surface area contributed by atoms with Crippen molar-refractivity contribution in [3.05, 3.63) is 83.6 Å². The van der Waals surface area contributed by atoms with Crippen molar-refractivity contribution in [1.82, 2.24) is 25.3 Å². The molecule has 0 atom stereocenters. The Kier molecular flexibility index (Phi) is 11.1. The van der Waals surface area contributed by atoms with Gasteiger partial charge in [-0.3, -0.25) is 19.6 Å². The zero-order valence-electron chi connectivity index (χ0n) is 27.9. The molecule has 0 saturated carbocycles. The number of fused-ring (bicyclic) bond motifs is 2. The number of aromatic amines is 1. The summed E-state index contributed by atoms with van der Waals surface area (Å²) >= 11 is 0. The molecule has 2 fully saturated rings. The molecule has 2 amide bonds. The van der Waals surface area contributed by atoms with Gasteiger partial charge in [-0.2, -0.15) is 5.10 Å². The zero-order chi connectivity index (χ0) is 33.3. The fourth-order valence-electron chi connectivity index (χ4n) is 6.83. The van der Waals surface area contributed by atoms with Crippen LogP contribution in [0.25, 0.3) is 10.9 Å². The number of anilines is 2. The minimum absolute atomic E-state index is 0.0793. The van der Waals surface area contributed by atoms with Crippen LogP contribution in [0.3, 0.4) is 0 Å². The number of likely N-dealkylation sites (tertiary alicyclic amines) is 2. The third-order valence-electron chi connectivity index (χ3n) is 9.57. The first-order chi connectivity index (χ1) is 23.5. The molecule has 10 heteroatoms. The highest BCUT2D eigenvalue weighted by Gasteiger charge is 2.29. The number of para-hydroxylation sites is 1. The molecule has 7 rings (SSSR count). The van der Waals surface area contributed by atoms with Crippen molar-refractivity contribution in [3.63, 3.8) is 0 Å². The second kappa shape index (κ2) is 16.0. The zero-order valence-corrected chi connectivity index (χ0v) is 27.9. The first kappa shape index (κ1) is 33.4. The third-order valence-corrected chi connectivity index (χ3v) is 9.57. The fraction of sp³-hybridized carbons (Fsp3) is 0.421. The average Bonchev–Trinajstić information content (AvgIpc) is 3.62. The number of carbonyl (C=O) groups is 3. The Morgan fingerprint density at radius 2 is 1.44 bits per heavy atom. The number of benzene rings is 3. The Labute approximate surface area is 282 Å². The maximum absolute atomic E-state index is 13.0. The maximum atomic E-state index is 13.0. The normalized spacial score (nSPS) is 16.9. The summed E-state index contributed by atoms with van der Waals surface area (Å²) in [6.07, 6.45) is 10.4. The molecule has 1 aromatic heterocycles. The van der Waals surface area contributed by atoms with E-state index in [2.05, 4.69) is 25.3 Å². The number of methoxy groups -OCH3 is 1. The maximum Gasteiger partial charge on any atom is 0.326 e. The topological polar surface area (TPSA) is 111 Å². The van der Waals surface area contributed by atoms with E-state index < -0.39 is 0 Å². The Balaban J connectivity index is 0.000000182. The number of urea groups is 1. The first-order valence-corrected chi connectivity index (χ1v) is 17.3. The number of H-pyrrole nitrogens is 1. The summed E-state index contributed by atoms with van der Waals surface area (Å²) in [5.74, 6) is 0.939. The Bertz CT molecular complexity index is 1710. The number of hydrogen-bond donors (Lipinski definition) is 2. The number of ketones is 2. The minimum atomic E-state index is -0.205. The van der Waals surface area contributed by atoms with Crippen molar-refractivity contribution in [3.8, 4) is 5.75 Å². The van der Waals surface area contributed by atoms with Gasteiger partial charge in [-0.15, -0.1) is 0 Å². The number of Topliss-reactive ketones (excluding diaryl/α,β-unsaturated/α-hetero) is 2. The highest BCUT2D eigenvalue weighted by molar-refractivity contribution is 6.05. The number of hydrogen-bond acceptors (Lipinski definition) is 7. The molecule has 10 nitrogen and oxygen atoms in total. The summed E-state index contributed by atoms with van der Waals surface area (Å²) in [6.45, 7) is 6.49. The van der Waals surface area contributed by atoms with Gasteiger partial charge in [-0.25, -0.2) is 4.79 Å². The summed E-state index contributed by atoms with van der Waals surface area (Å²) in [5.41, 5.74) is 4.71. The number of nitrogens with zero attached hydrogens (tertiary/aromatic N) is 4. The van der Waals surface area contributed by atoms with Gasteiger partial charge in [0.1, 0.15) is 5.75 Å². The van der Waals surface area contributed by atoms with Crippen molar-refractivity contribution < 1.29 is 19.1 Å². The van der Waals surface area contributed by atoms with E-state index in [4.69, 9.17) is 4.74 Å². The number of ether oxygens (including phenoxy) is 1. The summed E-state index contributed by atoms with van der Waals surface area (Å²) in [5, 5.41) is 10.8. The summed E-state index contributed by atoms with van der Waals surface area (Å²) in [6, 6.07) is 18.6. The van der Waals surface area contributed by atoms with Gasteiger partial charge in [0.05, 0.1) is 36.7 Å². The van der Waals surface area contributed by atoms with E-state index in [0.717, 1.165) is 67.0 Å². The van der Waals surface area contributed by atoms with Crippen LogP contribution in [0, 0.1) is 0 Å². The molecule has 48 heavy (non-hydrogen) atoms. The van der Waals surface area contributed by atoms with E-state index >= 15 is 0 Å². The molecule has 252 valence electrons. The predicted octanol–water partition coefficient (Wildman–Crippen LogP) is 6.74. The minimum Gasteiger partial charge on any atom is -0.496 e. The Morgan fingerprint density at radius 1 is 0.792 bits per heavy atom. The second-order valence-corrected chi connectivity index (χ2v) is 12.8. The molecule has 4 aromatic rings.